The lowest BCUT2D eigenvalue weighted by molar-refractivity contribution is -1.09. The number of hydroxylamine groups is 2. The number of carbonyl (C=O) groups excluding carboxylic acids is 3. The summed E-state index contributed by atoms with van der Waals surface area (Å²) in [6.45, 7) is 12.5. The van der Waals surface area contributed by atoms with Crippen molar-refractivity contribution in [3.05, 3.63) is 49.6 Å². The fraction of sp³-hybridized carbons (Fsp3) is 0.786. The minimum Gasteiger partial charge on any atom is -0.600 e. The number of hydrogen-bond donors (Lipinski definition) is 11. The molecule has 10 aliphatic heterocycles. The van der Waals surface area contributed by atoms with E-state index in [2.05, 4.69) is 0 Å². The maximum atomic E-state index is 14.3. The van der Waals surface area contributed by atoms with E-state index in [1.54, 1.807) is 34.6 Å². The van der Waals surface area contributed by atoms with E-state index in [-0.39, 0.29) is 69.7 Å². The number of carbonyl (C=O) groups is 3. The molecule has 1 unspecified atom stereocenters. The molecule has 112 heavy (non-hydrogen) atoms. The van der Waals surface area contributed by atoms with Crippen LogP contribution in [-0.2, 0) is 118 Å². The van der Waals surface area contributed by atoms with Crippen LogP contribution in [0.15, 0.2) is 12.1 Å². The topological polar surface area (TPSA) is 512 Å². The van der Waals surface area contributed by atoms with Crippen LogP contribution in [0.5, 0.6) is 23.0 Å². The van der Waals surface area contributed by atoms with Gasteiger partial charge in [0.15, 0.2) is 79.2 Å². The Labute approximate surface area is 651 Å². The molecule has 10 heterocycles. The third-order valence-corrected chi connectivity index (χ3v) is 23.1. The molecule has 632 valence electrons. The van der Waals surface area contributed by atoms with Crippen LogP contribution >= 0.6 is 23.2 Å². The van der Waals surface area contributed by atoms with Crippen molar-refractivity contribution in [3.8, 4) is 23.0 Å². The fourth-order valence-corrected chi connectivity index (χ4v) is 17.2. The molecule has 10 aliphatic rings. The number of fused-ring (bicyclic) bond motifs is 2. The van der Waals surface area contributed by atoms with Gasteiger partial charge in [0.1, 0.15) is 125 Å². The van der Waals surface area contributed by atoms with Crippen molar-refractivity contribution in [1.82, 2.24) is 0 Å². The maximum Gasteiger partial charge on any atom is 0.342 e. The number of quaternary nitrogens is 1. The Morgan fingerprint density at radius 3 is 1.96 bits per heavy atom. The summed E-state index contributed by atoms with van der Waals surface area (Å²) in [5.41, 5.74) is -3.61. The predicted molar refractivity (Wildman–Crippen MR) is 364 cm³/mol. The van der Waals surface area contributed by atoms with Crippen molar-refractivity contribution in [2.75, 3.05) is 55.4 Å². The molecular weight excluding hydrogens is 1550 g/mol. The third-order valence-electron chi connectivity index (χ3n) is 22.3. The average Bonchev–Trinajstić information content (AvgIpc) is 1.56. The van der Waals surface area contributed by atoms with Crippen molar-refractivity contribution in [2.24, 2.45) is 0 Å². The molecule has 0 saturated carbocycles. The van der Waals surface area contributed by atoms with Crippen molar-refractivity contribution in [2.45, 2.75) is 295 Å². The number of aryl methyl sites for hydroxylation is 1. The van der Waals surface area contributed by atoms with Crippen LogP contribution in [-0.4, -0.2) is 338 Å². The smallest absolute Gasteiger partial charge is 0.342 e. The number of nitrogens with one attached hydrogen (secondary N) is 1. The van der Waals surface area contributed by atoms with Gasteiger partial charge in [-0.25, -0.2) is 20.0 Å². The van der Waals surface area contributed by atoms with Gasteiger partial charge in [-0.2, -0.15) is 0 Å². The zero-order valence-electron chi connectivity index (χ0n) is 63.4. The first-order valence-corrected chi connectivity index (χ1v) is 37.1. The van der Waals surface area contributed by atoms with Crippen LogP contribution < -0.4 is 9.96 Å². The third kappa shape index (κ3) is 16.2. The number of methoxy groups -OCH3 is 5. The van der Waals surface area contributed by atoms with Gasteiger partial charge in [0.25, 0.3) is 12.4 Å². The van der Waals surface area contributed by atoms with Crippen LogP contribution in [0.2, 0.25) is 10.0 Å². The first-order chi connectivity index (χ1) is 52.9. The Balaban J connectivity index is 0.684. The van der Waals surface area contributed by atoms with Gasteiger partial charge in [0, 0.05) is 40.9 Å². The Morgan fingerprint density at radius 1 is 0.634 bits per heavy atom. The first kappa shape index (κ1) is 86.8. The Kier molecular flexibility index (Phi) is 26.7. The van der Waals surface area contributed by atoms with Crippen LogP contribution in [0.1, 0.15) is 99.6 Å². The number of rotatable bonds is 23. The average molecular weight is 1650 g/mol. The largest absolute Gasteiger partial charge is 0.600 e. The second-order valence-electron chi connectivity index (χ2n) is 29.8. The molecule has 0 aromatic heterocycles. The van der Waals surface area contributed by atoms with Crippen LogP contribution in [0, 0.1) is 19.1 Å². The predicted octanol–water partition coefficient (Wildman–Crippen LogP) is -1.08. The highest BCUT2D eigenvalue weighted by Gasteiger charge is 2.70. The van der Waals surface area contributed by atoms with Crippen molar-refractivity contribution >= 4 is 41.6 Å². The van der Waals surface area contributed by atoms with Gasteiger partial charge < -0.3 is 170 Å². The van der Waals surface area contributed by atoms with E-state index in [0.29, 0.717) is 0 Å². The summed E-state index contributed by atoms with van der Waals surface area (Å²) in [6.07, 6.45) is -43.6. The monoisotopic (exact) mass is 1650 g/mol. The Bertz CT molecular complexity index is 3590. The minimum atomic E-state index is -2.46. The normalized spacial score (nSPS) is 45.1. The lowest BCUT2D eigenvalue weighted by Gasteiger charge is -2.50. The standard InChI is InChI=1S/C70H99Cl2NO39/c1-24-15-31(75)16-32(76)40(24)61(84)101-36-22-95-70(57(82)53(36)94-23-74)109-37-21-93-63(46(80)52(37)110-70)107-65-56(91-13)45(79)51(35(102-65)20-88-10)105-64-47(81)55(50(89-11)27(4)98-64)106-66-58(83)68(9)60(30(7)99-66)111-69(112-68)18-33(77)48(28(5)108-69)103-38-17-34(100-39-19-67(8,73(86)87)59(92-14)29(6)97-39)49(26(3)96-38)104-62(85)41-25(2)42(71)44(78)43(72)54(41)90-12/h15-16,23,26-30,33-39,45-53,55-60,63-66,73,75-83,86H,17-22H2,1-14H3/t26-,27-,28-,29+,30-,33-,34-,35-,36-,37+,38+,39+,45+,46-,47-,48-,49-,50+,51-,52-,53+,55-,56+,57-,58-,59+,60-,63+,64+,65+,66+,67+,68-,69-,70-/m1/s1. The highest BCUT2D eigenvalue weighted by molar-refractivity contribution is 6.39. The molecule has 0 amide bonds. The van der Waals surface area contributed by atoms with Crippen molar-refractivity contribution in [3.63, 3.8) is 0 Å². The van der Waals surface area contributed by atoms with Gasteiger partial charge >= 0.3 is 17.9 Å². The molecule has 12 rings (SSSR count). The number of ether oxygens (including phenoxy) is 25. The molecule has 2 aromatic carbocycles. The van der Waals surface area contributed by atoms with Crippen molar-refractivity contribution in [1.29, 1.82) is 0 Å². The molecule has 10 fully saturated rings. The minimum absolute atomic E-state index is 0.0207. The number of phenolic OH excluding ortho intramolecular Hbond substituents is 3. The van der Waals surface area contributed by atoms with Gasteiger partial charge in [-0.1, -0.05) is 23.2 Å². The summed E-state index contributed by atoms with van der Waals surface area (Å²) in [5.74, 6) is -8.36. The van der Waals surface area contributed by atoms with E-state index < -0.39 is 262 Å². The fourth-order valence-electron chi connectivity index (χ4n) is 16.7. The molecule has 0 bridgehead atoms. The number of aromatic hydroxyl groups is 3. The zero-order chi connectivity index (χ0) is 81.4. The number of phenols is 3. The maximum absolute atomic E-state index is 14.3. The molecule has 2 spiro atoms. The summed E-state index contributed by atoms with van der Waals surface area (Å²) >= 11 is 12.8. The molecule has 40 nitrogen and oxygen atoms in total. The number of halogens is 2. The summed E-state index contributed by atoms with van der Waals surface area (Å²) in [7, 11) is 6.48. The molecule has 0 aliphatic carbocycles. The summed E-state index contributed by atoms with van der Waals surface area (Å²) in [5, 5.41) is 125. The number of hydrogen-bond acceptors (Lipinski definition) is 39. The lowest BCUT2D eigenvalue weighted by atomic mass is 9.85. The van der Waals surface area contributed by atoms with Gasteiger partial charge in [0.05, 0.1) is 81.4 Å². The van der Waals surface area contributed by atoms with E-state index in [1.165, 1.54) is 69.3 Å². The van der Waals surface area contributed by atoms with E-state index in [0.717, 1.165) is 6.07 Å². The van der Waals surface area contributed by atoms with Crippen LogP contribution in [0.25, 0.3) is 0 Å². The number of esters is 2. The second-order valence-corrected chi connectivity index (χ2v) is 30.5. The van der Waals surface area contributed by atoms with Crippen molar-refractivity contribution < 1.29 is 189 Å². The first-order valence-electron chi connectivity index (χ1n) is 36.3. The Hall–Kier alpha value is -4.57. The molecule has 11 N–H and O–H groups in total. The van der Waals surface area contributed by atoms with E-state index in [9.17, 15) is 70.8 Å². The van der Waals surface area contributed by atoms with Gasteiger partial charge in [-0.3, -0.25) is 4.79 Å². The quantitative estimate of drug-likeness (QED) is 0.0273. The Morgan fingerprint density at radius 2 is 1.31 bits per heavy atom. The van der Waals surface area contributed by atoms with Gasteiger partial charge in [0.2, 0.25) is 0 Å². The molecular formula is C70H99Cl2NO39. The summed E-state index contributed by atoms with van der Waals surface area (Å²) < 4.78 is 152. The van der Waals surface area contributed by atoms with Gasteiger partial charge in [-0.05, 0) is 79.5 Å². The highest BCUT2D eigenvalue weighted by Crippen LogP contribution is 2.53. The summed E-state index contributed by atoms with van der Waals surface area (Å²) in [6, 6.07) is 2.11. The SMILES string of the molecule is COC[C@H]1O[C@@H](O[C@@H]2OC[C@@H]3O[C@@]4(OC[C@@H](OC(=O)c5c(C)cc(O)cc5O)[C@H](OC=O)[C@H]4O)O[C@H]3[C@H]2O)[C@@H](OC)[C@@H](O)[C@@H]1O[C@@H]1O[C@H](C)[C@H](OC)[C@H](O[C@@H]2O[C@H](C)[C@H]3O[C@]4(C[C@@H](O)[C@H](O[C@H]5C[C@@H](O[C@H]6C[C@](C)([NH+]([O-])O)[C@@H](OC)[C@H](C)O6)[C@H](OC(=O)c6c(C)c(Cl)c(O)c(Cl)c6OC)[C@@H](C)O5)[C@@H](C)O4)O[C@]3(C)[C@@H]2O)[C@H]1O. The highest BCUT2D eigenvalue weighted by atomic mass is 35.5. The number of aliphatic hydroxyl groups excluding tert-OH is 6. The van der Waals surface area contributed by atoms with Gasteiger partial charge in [-0.15, -0.1) is 0 Å². The number of benzene rings is 2. The van der Waals surface area contributed by atoms with E-state index in [4.69, 9.17) is 142 Å². The zero-order valence-corrected chi connectivity index (χ0v) is 65.0. The van der Waals surface area contributed by atoms with E-state index >= 15 is 0 Å². The van der Waals surface area contributed by atoms with Crippen LogP contribution in [0.4, 0.5) is 0 Å². The molecule has 0 radical (unpaired) electrons. The van der Waals surface area contributed by atoms with Crippen LogP contribution in [0.3, 0.4) is 0 Å². The number of aliphatic hydroxyl groups is 6. The molecule has 2 aromatic rings. The molecule has 10 saturated heterocycles. The molecule has 36 atom stereocenters. The lowest BCUT2D eigenvalue weighted by Crippen LogP contribution is -3.16. The molecule has 42 heteroatoms. The summed E-state index contributed by atoms with van der Waals surface area (Å²) in [4.78, 5) is 39.4. The second kappa shape index (κ2) is 34.4. The van der Waals surface area contributed by atoms with E-state index in [1.807, 2.05) is 0 Å².